The molecule has 0 aromatic rings. The third kappa shape index (κ3) is 1.77. The number of rotatable bonds is 1. The zero-order valence-electron chi connectivity index (χ0n) is 8.64. The van der Waals surface area contributed by atoms with Crippen LogP contribution in [0.15, 0.2) is 0 Å². The fourth-order valence-electron chi connectivity index (χ4n) is 2.44. The number of esters is 1. The lowest BCUT2D eigenvalue weighted by molar-refractivity contribution is -0.136. The summed E-state index contributed by atoms with van der Waals surface area (Å²) in [6.07, 6.45) is 6.40. The molecule has 76 valence electrons. The van der Waals surface area contributed by atoms with E-state index >= 15 is 0 Å². The van der Waals surface area contributed by atoms with E-state index in [1.54, 1.807) is 6.92 Å². The summed E-state index contributed by atoms with van der Waals surface area (Å²) in [5.74, 6) is 5.80. The maximum Gasteiger partial charge on any atom is 0.384 e. The number of carbonyl (C=O) groups is 1. The molecular formula is C12H16O2. The van der Waals surface area contributed by atoms with E-state index in [-0.39, 0.29) is 5.97 Å². The summed E-state index contributed by atoms with van der Waals surface area (Å²) in [5.41, 5.74) is 0.513. The average molecular weight is 192 g/mol. The van der Waals surface area contributed by atoms with Crippen LogP contribution in [0.2, 0.25) is 0 Å². The van der Waals surface area contributed by atoms with Gasteiger partial charge in [0.1, 0.15) is 0 Å². The van der Waals surface area contributed by atoms with Crippen LogP contribution in [0.1, 0.15) is 39.0 Å². The first kappa shape index (κ1) is 9.58. The van der Waals surface area contributed by atoms with Crippen LogP contribution in [0, 0.1) is 23.2 Å². The van der Waals surface area contributed by atoms with E-state index in [0.717, 1.165) is 0 Å². The van der Waals surface area contributed by atoms with Gasteiger partial charge in [-0.1, -0.05) is 12.3 Å². The number of hydrogen-bond acceptors (Lipinski definition) is 2. The van der Waals surface area contributed by atoms with E-state index in [4.69, 9.17) is 4.74 Å². The molecule has 0 saturated heterocycles. The van der Waals surface area contributed by atoms with Gasteiger partial charge < -0.3 is 4.74 Å². The fourth-order valence-corrected chi connectivity index (χ4v) is 2.44. The van der Waals surface area contributed by atoms with Gasteiger partial charge >= 0.3 is 5.97 Å². The Hall–Kier alpha value is -0.970. The predicted molar refractivity (Wildman–Crippen MR) is 53.4 cm³/mol. The van der Waals surface area contributed by atoms with Crippen molar-refractivity contribution < 1.29 is 9.53 Å². The van der Waals surface area contributed by atoms with Crippen LogP contribution in [0.5, 0.6) is 0 Å². The summed E-state index contributed by atoms with van der Waals surface area (Å²) >= 11 is 0. The zero-order chi connectivity index (χ0) is 10.0. The minimum atomic E-state index is -0.366. The smallest absolute Gasteiger partial charge is 0.384 e. The average Bonchev–Trinajstić information content (AvgIpc) is 2.79. The van der Waals surface area contributed by atoms with Crippen molar-refractivity contribution >= 4 is 5.97 Å². The Morgan fingerprint density at radius 3 is 2.93 bits per heavy atom. The Morgan fingerprint density at radius 2 is 2.29 bits per heavy atom. The van der Waals surface area contributed by atoms with Crippen molar-refractivity contribution in [1.82, 2.24) is 0 Å². The largest absolute Gasteiger partial charge is 0.456 e. The van der Waals surface area contributed by atoms with Gasteiger partial charge in [-0.25, -0.2) is 4.79 Å². The molecule has 14 heavy (non-hydrogen) atoms. The first-order valence-electron chi connectivity index (χ1n) is 5.45. The minimum Gasteiger partial charge on any atom is -0.456 e. The molecule has 1 unspecified atom stereocenters. The molecule has 0 aromatic carbocycles. The molecule has 0 N–H and O–H groups in total. The Balaban J connectivity index is 1.93. The van der Waals surface area contributed by atoms with Crippen molar-refractivity contribution in [1.29, 1.82) is 0 Å². The van der Waals surface area contributed by atoms with Gasteiger partial charge in [-0.05, 0) is 38.0 Å². The van der Waals surface area contributed by atoms with Crippen LogP contribution in [0.3, 0.4) is 0 Å². The molecule has 0 bridgehead atoms. The van der Waals surface area contributed by atoms with Crippen LogP contribution in [-0.2, 0) is 9.53 Å². The summed E-state index contributed by atoms with van der Waals surface area (Å²) in [6.45, 7) is 2.22. The third-order valence-electron chi connectivity index (χ3n) is 3.42. The molecule has 2 rings (SSSR count). The van der Waals surface area contributed by atoms with Crippen molar-refractivity contribution in [2.24, 2.45) is 11.3 Å². The van der Waals surface area contributed by atoms with Gasteiger partial charge in [0.2, 0.25) is 0 Å². The SMILES string of the molecule is CCOC(=O)C#CC1CCCC12CC2. The van der Waals surface area contributed by atoms with Gasteiger partial charge in [0.25, 0.3) is 0 Å². The topological polar surface area (TPSA) is 26.3 Å². The first-order valence-corrected chi connectivity index (χ1v) is 5.45. The molecule has 2 fully saturated rings. The lowest BCUT2D eigenvalue weighted by Gasteiger charge is -2.10. The molecule has 0 heterocycles. The molecule has 2 saturated carbocycles. The fraction of sp³-hybridized carbons (Fsp3) is 0.750. The Kier molecular flexibility index (Phi) is 2.50. The molecule has 2 aliphatic rings. The standard InChI is InChI=1S/C12H16O2/c1-2-14-11(13)6-5-10-4-3-7-12(10)8-9-12/h10H,2-4,7-9H2,1H3. The van der Waals surface area contributed by atoms with Gasteiger partial charge in [0.15, 0.2) is 0 Å². The van der Waals surface area contributed by atoms with E-state index < -0.39 is 0 Å². The summed E-state index contributed by atoms with van der Waals surface area (Å²) < 4.78 is 4.78. The second-order valence-electron chi connectivity index (χ2n) is 4.30. The number of hydrogen-bond donors (Lipinski definition) is 0. The summed E-state index contributed by atoms with van der Waals surface area (Å²) in [5, 5.41) is 0. The summed E-state index contributed by atoms with van der Waals surface area (Å²) in [4.78, 5) is 11.0. The quantitative estimate of drug-likeness (QED) is 0.361. The molecule has 0 amide bonds. The van der Waals surface area contributed by atoms with Crippen LogP contribution in [-0.4, -0.2) is 12.6 Å². The molecule has 0 radical (unpaired) electrons. The van der Waals surface area contributed by atoms with Crippen molar-refractivity contribution in [3.63, 3.8) is 0 Å². The molecule has 1 spiro atoms. The van der Waals surface area contributed by atoms with Crippen LogP contribution < -0.4 is 0 Å². The maximum atomic E-state index is 11.0. The predicted octanol–water partition coefficient (Wildman–Crippen LogP) is 2.13. The lowest BCUT2D eigenvalue weighted by atomic mass is 9.93. The zero-order valence-corrected chi connectivity index (χ0v) is 8.64. The normalized spacial score (nSPS) is 26.8. The van der Waals surface area contributed by atoms with Crippen molar-refractivity contribution in [2.75, 3.05) is 6.61 Å². The number of carbonyl (C=O) groups excluding carboxylic acids is 1. The highest BCUT2D eigenvalue weighted by Crippen LogP contribution is 2.60. The summed E-state index contributed by atoms with van der Waals surface area (Å²) in [6, 6.07) is 0. The van der Waals surface area contributed by atoms with Gasteiger partial charge in [-0.15, -0.1) is 0 Å². The van der Waals surface area contributed by atoms with E-state index in [9.17, 15) is 4.79 Å². The van der Waals surface area contributed by atoms with Crippen molar-refractivity contribution in [2.45, 2.75) is 39.0 Å². The maximum absolute atomic E-state index is 11.0. The van der Waals surface area contributed by atoms with Gasteiger partial charge in [-0.2, -0.15) is 0 Å². The summed E-state index contributed by atoms with van der Waals surface area (Å²) in [7, 11) is 0. The molecule has 2 heteroatoms. The molecule has 2 aliphatic carbocycles. The Labute approximate surface area is 85.0 Å². The van der Waals surface area contributed by atoms with E-state index in [1.165, 1.54) is 32.1 Å². The van der Waals surface area contributed by atoms with Crippen molar-refractivity contribution in [3.8, 4) is 11.8 Å². The second-order valence-corrected chi connectivity index (χ2v) is 4.30. The lowest BCUT2D eigenvalue weighted by Crippen LogP contribution is -2.07. The van der Waals surface area contributed by atoms with Crippen LogP contribution >= 0.6 is 0 Å². The Morgan fingerprint density at radius 1 is 1.50 bits per heavy atom. The van der Waals surface area contributed by atoms with Gasteiger partial charge in [-0.3, -0.25) is 0 Å². The molecule has 0 aromatic heterocycles. The monoisotopic (exact) mass is 192 g/mol. The van der Waals surface area contributed by atoms with E-state index in [2.05, 4.69) is 11.8 Å². The highest BCUT2D eigenvalue weighted by molar-refractivity contribution is 5.88. The van der Waals surface area contributed by atoms with E-state index in [1.807, 2.05) is 0 Å². The Bertz CT molecular complexity index is 291. The van der Waals surface area contributed by atoms with Crippen LogP contribution in [0.25, 0.3) is 0 Å². The third-order valence-corrected chi connectivity index (χ3v) is 3.42. The molecule has 1 atom stereocenters. The second kappa shape index (κ2) is 3.65. The molecule has 2 nitrogen and oxygen atoms in total. The highest BCUT2D eigenvalue weighted by atomic mass is 16.5. The first-order chi connectivity index (χ1) is 6.77. The minimum absolute atomic E-state index is 0.366. The van der Waals surface area contributed by atoms with Gasteiger partial charge in [0.05, 0.1) is 6.61 Å². The molecular weight excluding hydrogens is 176 g/mol. The number of ether oxygens (including phenoxy) is 1. The molecule has 0 aliphatic heterocycles. The van der Waals surface area contributed by atoms with Crippen molar-refractivity contribution in [3.05, 3.63) is 0 Å². The van der Waals surface area contributed by atoms with E-state index in [0.29, 0.717) is 17.9 Å². The highest BCUT2D eigenvalue weighted by Gasteiger charge is 2.51. The van der Waals surface area contributed by atoms with Crippen LogP contribution in [0.4, 0.5) is 0 Å². The van der Waals surface area contributed by atoms with Gasteiger partial charge in [0, 0.05) is 11.8 Å².